The van der Waals surface area contributed by atoms with E-state index < -0.39 is 0 Å². The van der Waals surface area contributed by atoms with Gasteiger partial charge in [0.15, 0.2) is 0 Å². The van der Waals surface area contributed by atoms with Crippen LogP contribution in [0.5, 0.6) is 5.75 Å². The number of hydrogen-bond donors (Lipinski definition) is 0. The zero-order valence-corrected chi connectivity index (χ0v) is 13.9. The number of ether oxygens (including phenoxy) is 1. The van der Waals surface area contributed by atoms with E-state index in [0.29, 0.717) is 5.75 Å². The van der Waals surface area contributed by atoms with Crippen LogP contribution in [-0.2, 0) is 11.3 Å². The first-order chi connectivity index (χ1) is 11.0. The highest BCUT2D eigenvalue weighted by Crippen LogP contribution is 2.17. The average molecular weight is 313 g/mol. The van der Waals surface area contributed by atoms with Crippen LogP contribution in [0.3, 0.4) is 0 Å². The lowest BCUT2D eigenvalue weighted by molar-refractivity contribution is -0.131. The number of aromatic nitrogens is 1. The molecule has 0 saturated heterocycles. The Morgan fingerprint density at radius 2 is 1.83 bits per heavy atom. The molecule has 1 heterocycles. The van der Waals surface area contributed by atoms with Gasteiger partial charge in [0.2, 0.25) is 0 Å². The number of anilines is 1. The summed E-state index contributed by atoms with van der Waals surface area (Å²) in [5.74, 6) is 1.22. The van der Waals surface area contributed by atoms with Gasteiger partial charge in [-0.2, -0.15) is 0 Å². The van der Waals surface area contributed by atoms with Gasteiger partial charge in [-0.15, -0.1) is 0 Å². The van der Waals surface area contributed by atoms with E-state index in [0.717, 1.165) is 31.0 Å². The highest BCUT2D eigenvalue weighted by molar-refractivity contribution is 5.69. The van der Waals surface area contributed by atoms with Crippen molar-refractivity contribution in [2.24, 2.45) is 0 Å². The average Bonchev–Trinajstić information content (AvgIpc) is 2.53. The van der Waals surface area contributed by atoms with E-state index in [1.807, 2.05) is 48.7 Å². The Balaban J connectivity index is 2.09. The number of pyridine rings is 1. The van der Waals surface area contributed by atoms with Gasteiger partial charge in [-0.05, 0) is 43.9 Å². The molecule has 0 saturated carbocycles. The first-order valence-corrected chi connectivity index (χ1v) is 7.62. The van der Waals surface area contributed by atoms with Gasteiger partial charge in [0.25, 0.3) is 0 Å². The Hall–Kier alpha value is -2.40. The van der Waals surface area contributed by atoms with E-state index in [2.05, 4.69) is 28.9 Å². The number of hydrogen-bond acceptors (Lipinski definition) is 5. The van der Waals surface area contributed by atoms with Gasteiger partial charge in [0.05, 0.1) is 0 Å². The fourth-order valence-electron chi connectivity index (χ4n) is 2.19. The minimum atomic E-state index is -0.307. The first-order valence-electron chi connectivity index (χ1n) is 7.62. The van der Waals surface area contributed by atoms with E-state index in [-0.39, 0.29) is 5.97 Å². The second kappa shape index (κ2) is 8.29. The minimum absolute atomic E-state index is 0.307. The van der Waals surface area contributed by atoms with E-state index in [1.165, 1.54) is 6.92 Å². The molecule has 0 amide bonds. The van der Waals surface area contributed by atoms with Gasteiger partial charge >= 0.3 is 5.97 Å². The second-order valence-electron chi connectivity index (χ2n) is 5.65. The summed E-state index contributed by atoms with van der Waals surface area (Å²) in [6.07, 6.45) is 1.81. The summed E-state index contributed by atoms with van der Waals surface area (Å²) in [5, 5.41) is 0. The largest absolute Gasteiger partial charge is 0.427 e. The van der Waals surface area contributed by atoms with Crippen LogP contribution in [0.25, 0.3) is 0 Å². The van der Waals surface area contributed by atoms with E-state index in [9.17, 15) is 4.79 Å². The maximum Gasteiger partial charge on any atom is 0.308 e. The summed E-state index contributed by atoms with van der Waals surface area (Å²) in [6, 6.07) is 13.5. The molecule has 2 aromatic rings. The van der Waals surface area contributed by atoms with Crippen molar-refractivity contribution in [2.45, 2.75) is 13.5 Å². The molecule has 5 nitrogen and oxygen atoms in total. The quantitative estimate of drug-likeness (QED) is 0.581. The molecule has 122 valence electrons. The van der Waals surface area contributed by atoms with Crippen molar-refractivity contribution in [3.63, 3.8) is 0 Å². The third-order valence-electron chi connectivity index (χ3n) is 3.35. The standard InChI is InChI=1S/C18H23N3O2/c1-15(22)23-17-9-7-16(8-10-17)14-21(13-12-20(2)3)18-6-4-5-11-19-18/h4-11H,12-14H2,1-3H3. The van der Waals surface area contributed by atoms with Crippen LogP contribution < -0.4 is 9.64 Å². The molecule has 0 unspecified atom stereocenters. The summed E-state index contributed by atoms with van der Waals surface area (Å²) in [4.78, 5) is 19.8. The molecule has 0 fully saturated rings. The molecular weight excluding hydrogens is 290 g/mol. The van der Waals surface area contributed by atoms with Crippen molar-refractivity contribution in [2.75, 3.05) is 32.1 Å². The van der Waals surface area contributed by atoms with Crippen LogP contribution in [0.1, 0.15) is 12.5 Å². The molecule has 0 bridgehead atoms. The second-order valence-corrected chi connectivity index (χ2v) is 5.65. The Labute approximate surface area is 137 Å². The molecule has 1 aromatic heterocycles. The van der Waals surface area contributed by atoms with Crippen LogP contribution in [0.15, 0.2) is 48.7 Å². The summed E-state index contributed by atoms with van der Waals surface area (Å²) in [7, 11) is 4.12. The third-order valence-corrected chi connectivity index (χ3v) is 3.35. The van der Waals surface area contributed by atoms with Gasteiger partial charge in [-0.1, -0.05) is 18.2 Å². The molecule has 1 aromatic carbocycles. The van der Waals surface area contributed by atoms with Gasteiger partial charge < -0.3 is 14.5 Å². The molecule has 2 rings (SSSR count). The van der Waals surface area contributed by atoms with Crippen LogP contribution >= 0.6 is 0 Å². The summed E-state index contributed by atoms with van der Waals surface area (Å²) < 4.78 is 5.07. The monoisotopic (exact) mass is 313 g/mol. The van der Waals surface area contributed by atoms with E-state index >= 15 is 0 Å². The number of esters is 1. The molecule has 23 heavy (non-hydrogen) atoms. The Morgan fingerprint density at radius 1 is 1.09 bits per heavy atom. The topological polar surface area (TPSA) is 45.7 Å². The van der Waals surface area contributed by atoms with Crippen molar-refractivity contribution >= 4 is 11.8 Å². The summed E-state index contributed by atoms with van der Waals surface area (Å²) in [5.41, 5.74) is 1.14. The van der Waals surface area contributed by atoms with Crippen molar-refractivity contribution in [1.29, 1.82) is 0 Å². The molecular formula is C18H23N3O2. The number of carbonyl (C=O) groups is 1. The number of carbonyl (C=O) groups excluding carboxylic acids is 1. The zero-order chi connectivity index (χ0) is 16.7. The van der Waals surface area contributed by atoms with Gasteiger partial charge in [0.1, 0.15) is 11.6 Å². The molecule has 5 heteroatoms. The lowest BCUT2D eigenvalue weighted by atomic mass is 10.2. The van der Waals surface area contributed by atoms with Crippen LogP contribution in [0.4, 0.5) is 5.82 Å². The van der Waals surface area contributed by atoms with Crippen molar-refractivity contribution in [1.82, 2.24) is 9.88 Å². The van der Waals surface area contributed by atoms with Crippen molar-refractivity contribution in [3.8, 4) is 5.75 Å². The summed E-state index contributed by atoms with van der Waals surface area (Å²) in [6.45, 7) is 3.99. The van der Waals surface area contributed by atoms with Crippen LogP contribution in [-0.4, -0.2) is 43.0 Å². The maximum atomic E-state index is 11.0. The molecule has 0 aliphatic rings. The zero-order valence-electron chi connectivity index (χ0n) is 13.9. The first kappa shape index (κ1) is 17.0. The summed E-state index contributed by atoms with van der Waals surface area (Å²) >= 11 is 0. The number of likely N-dealkylation sites (N-methyl/N-ethyl adjacent to an activating group) is 1. The normalized spacial score (nSPS) is 10.6. The molecule has 0 spiro atoms. The number of nitrogens with zero attached hydrogens (tertiary/aromatic N) is 3. The predicted octanol–water partition coefficient (Wildman–Crippen LogP) is 2.58. The number of benzene rings is 1. The minimum Gasteiger partial charge on any atom is -0.427 e. The highest BCUT2D eigenvalue weighted by atomic mass is 16.5. The Bertz CT molecular complexity index is 612. The van der Waals surface area contributed by atoms with Gasteiger partial charge in [-0.3, -0.25) is 4.79 Å². The molecule has 0 aliphatic heterocycles. The maximum absolute atomic E-state index is 11.0. The third kappa shape index (κ3) is 5.71. The van der Waals surface area contributed by atoms with Gasteiger partial charge in [-0.25, -0.2) is 4.98 Å². The fraction of sp³-hybridized carbons (Fsp3) is 0.333. The van der Waals surface area contributed by atoms with Crippen molar-refractivity contribution < 1.29 is 9.53 Å². The van der Waals surface area contributed by atoms with Crippen molar-refractivity contribution in [3.05, 3.63) is 54.2 Å². The lowest BCUT2D eigenvalue weighted by Gasteiger charge is -2.25. The molecule has 0 radical (unpaired) electrons. The fourth-order valence-corrected chi connectivity index (χ4v) is 2.19. The number of rotatable bonds is 7. The lowest BCUT2D eigenvalue weighted by Crippen LogP contribution is -2.31. The smallest absolute Gasteiger partial charge is 0.308 e. The Morgan fingerprint density at radius 3 is 2.39 bits per heavy atom. The van der Waals surface area contributed by atoms with Crippen LogP contribution in [0, 0.1) is 0 Å². The van der Waals surface area contributed by atoms with E-state index in [1.54, 1.807) is 0 Å². The SMILES string of the molecule is CC(=O)Oc1ccc(CN(CCN(C)C)c2ccccn2)cc1. The highest BCUT2D eigenvalue weighted by Gasteiger charge is 2.09. The molecule has 0 atom stereocenters. The molecule has 0 N–H and O–H groups in total. The van der Waals surface area contributed by atoms with Crippen LogP contribution in [0.2, 0.25) is 0 Å². The van der Waals surface area contributed by atoms with Gasteiger partial charge in [0, 0.05) is 32.8 Å². The molecule has 0 aliphatic carbocycles. The predicted molar refractivity (Wildman–Crippen MR) is 91.6 cm³/mol. The van der Waals surface area contributed by atoms with E-state index in [4.69, 9.17) is 4.74 Å². The Kier molecular flexibility index (Phi) is 6.11.